The summed E-state index contributed by atoms with van der Waals surface area (Å²) in [6.45, 7) is 7.90. The monoisotopic (exact) mass is 374 g/mol. The van der Waals surface area contributed by atoms with Crippen LogP contribution >= 0.6 is 0 Å². The van der Waals surface area contributed by atoms with E-state index in [1.807, 2.05) is 0 Å². The van der Waals surface area contributed by atoms with Gasteiger partial charge in [-0.15, -0.1) is 0 Å². The van der Waals surface area contributed by atoms with Crippen LogP contribution in [-0.4, -0.2) is 18.0 Å². The fourth-order valence-corrected chi connectivity index (χ4v) is 7.46. The van der Waals surface area contributed by atoms with E-state index >= 15 is 0 Å². The minimum Gasteiger partial charge on any atom is -0.462 e. The van der Waals surface area contributed by atoms with E-state index in [-0.39, 0.29) is 23.5 Å². The predicted molar refractivity (Wildman–Crippen MR) is 103 cm³/mol. The standard InChI is InChI=1S/C23H34O4/c1-14(24)26-17-9-11-22(3)16(13-17)5-6-18-19-7-8-21(27-15(2)25)23(19,4)12-10-20(18)22/h9,16,18-21H,5-8,10-13H2,1-4H3/t16-,18-,19-,20-,21-,22-,23-/m0/s1. The van der Waals surface area contributed by atoms with E-state index in [9.17, 15) is 9.59 Å². The summed E-state index contributed by atoms with van der Waals surface area (Å²) in [5.41, 5.74) is 0.469. The van der Waals surface area contributed by atoms with E-state index in [0.29, 0.717) is 17.3 Å². The molecule has 0 aliphatic heterocycles. The lowest BCUT2D eigenvalue weighted by atomic mass is 9.46. The molecule has 0 radical (unpaired) electrons. The Morgan fingerprint density at radius 2 is 1.70 bits per heavy atom. The summed E-state index contributed by atoms with van der Waals surface area (Å²) in [5, 5.41) is 0. The smallest absolute Gasteiger partial charge is 0.307 e. The van der Waals surface area contributed by atoms with Gasteiger partial charge in [-0.3, -0.25) is 9.59 Å². The van der Waals surface area contributed by atoms with Crippen LogP contribution in [0.1, 0.15) is 79.1 Å². The van der Waals surface area contributed by atoms with Crippen LogP contribution in [0.2, 0.25) is 0 Å². The van der Waals surface area contributed by atoms with E-state index < -0.39 is 0 Å². The average Bonchev–Trinajstić information content (AvgIpc) is 2.91. The van der Waals surface area contributed by atoms with E-state index in [1.54, 1.807) is 6.92 Å². The third kappa shape index (κ3) is 3.03. The second-order valence-corrected chi connectivity index (χ2v) is 10.0. The van der Waals surface area contributed by atoms with Crippen molar-refractivity contribution in [1.29, 1.82) is 0 Å². The molecule has 0 saturated heterocycles. The number of allylic oxidation sites excluding steroid dienone is 2. The molecule has 27 heavy (non-hydrogen) atoms. The van der Waals surface area contributed by atoms with Gasteiger partial charge in [-0.2, -0.15) is 0 Å². The fraction of sp³-hybridized carbons (Fsp3) is 0.826. The largest absolute Gasteiger partial charge is 0.462 e. The van der Waals surface area contributed by atoms with Gasteiger partial charge in [0.15, 0.2) is 0 Å². The Kier molecular flexibility index (Phi) is 4.67. The number of fused-ring (bicyclic) bond motifs is 5. The first-order valence-corrected chi connectivity index (χ1v) is 10.8. The quantitative estimate of drug-likeness (QED) is 0.637. The van der Waals surface area contributed by atoms with Crippen molar-refractivity contribution in [2.24, 2.45) is 34.5 Å². The lowest BCUT2D eigenvalue weighted by Crippen LogP contribution is -2.53. The van der Waals surface area contributed by atoms with Crippen LogP contribution in [0, 0.1) is 34.5 Å². The number of hydrogen-bond acceptors (Lipinski definition) is 4. The van der Waals surface area contributed by atoms with Crippen molar-refractivity contribution >= 4 is 11.9 Å². The van der Waals surface area contributed by atoms with Gasteiger partial charge >= 0.3 is 11.9 Å². The highest BCUT2D eigenvalue weighted by Gasteiger charge is 2.60. The molecule has 0 amide bonds. The Bertz CT molecular complexity index is 667. The summed E-state index contributed by atoms with van der Waals surface area (Å²) in [5.74, 6) is 3.34. The normalized spacial score (nSPS) is 45.8. The minimum atomic E-state index is -0.200. The van der Waals surface area contributed by atoms with Gasteiger partial charge in [0.2, 0.25) is 0 Å². The molecule has 0 spiro atoms. The molecule has 0 heterocycles. The van der Waals surface area contributed by atoms with Crippen molar-refractivity contribution in [3.05, 3.63) is 11.8 Å². The Labute approximate surface area is 163 Å². The first-order chi connectivity index (χ1) is 12.7. The minimum absolute atomic E-state index is 0.105. The van der Waals surface area contributed by atoms with Gasteiger partial charge in [0.25, 0.3) is 0 Å². The number of esters is 2. The summed E-state index contributed by atoms with van der Waals surface area (Å²) in [7, 11) is 0. The summed E-state index contributed by atoms with van der Waals surface area (Å²) < 4.78 is 11.2. The number of carbonyl (C=O) groups is 2. The van der Waals surface area contributed by atoms with E-state index in [2.05, 4.69) is 19.9 Å². The second kappa shape index (κ2) is 6.63. The Balaban J connectivity index is 1.55. The van der Waals surface area contributed by atoms with E-state index in [0.717, 1.165) is 36.9 Å². The third-order valence-corrected chi connectivity index (χ3v) is 8.78. The maximum absolute atomic E-state index is 11.6. The molecule has 0 aromatic heterocycles. The topological polar surface area (TPSA) is 52.6 Å². The SMILES string of the molecule is CC(=O)OC1=CC[C@@]2(C)[C@@H](CC[C@@H]3[C@@H]2CC[C@]2(C)[C@@H](OC(C)=O)CC[C@@H]32)C1. The lowest BCUT2D eigenvalue weighted by molar-refractivity contribution is -0.160. The highest BCUT2D eigenvalue weighted by molar-refractivity contribution is 5.67. The molecule has 4 heteroatoms. The van der Waals surface area contributed by atoms with Crippen molar-refractivity contribution in [3.63, 3.8) is 0 Å². The average molecular weight is 375 g/mol. The molecule has 4 nitrogen and oxygen atoms in total. The maximum Gasteiger partial charge on any atom is 0.307 e. The van der Waals surface area contributed by atoms with Crippen molar-refractivity contribution in [2.45, 2.75) is 85.2 Å². The maximum atomic E-state index is 11.6. The molecule has 0 bridgehead atoms. The van der Waals surface area contributed by atoms with Crippen LogP contribution in [-0.2, 0) is 19.1 Å². The molecule has 0 unspecified atom stereocenters. The molecular weight excluding hydrogens is 340 g/mol. The van der Waals surface area contributed by atoms with Crippen LogP contribution < -0.4 is 0 Å². The summed E-state index contributed by atoms with van der Waals surface area (Å²) in [4.78, 5) is 22.9. The van der Waals surface area contributed by atoms with Crippen molar-refractivity contribution in [2.75, 3.05) is 0 Å². The fourth-order valence-electron chi connectivity index (χ4n) is 7.46. The van der Waals surface area contributed by atoms with E-state index in [4.69, 9.17) is 9.47 Å². The number of rotatable bonds is 2. The molecule has 3 fully saturated rings. The molecular formula is C23H34O4. The molecule has 4 aliphatic carbocycles. The van der Waals surface area contributed by atoms with Crippen LogP contribution in [0.3, 0.4) is 0 Å². The lowest BCUT2D eigenvalue weighted by Gasteiger charge is -2.59. The van der Waals surface area contributed by atoms with Crippen molar-refractivity contribution in [1.82, 2.24) is 0 Å². The zero-order chi connectivity index (χ0) is 19.4. The molecule has 0 aromatic rings. The van der Waals surface area contributed by atoms with Crippen LogP contribution in [0.4, 0.5) is 0 Å². The van der Waals surface area contributed by atoms with Gasteiger partial charge in [0, 0.05) is 25.7 Å². The number of ether oxygens (including phenoxy) is 2. The molecule has 0 aromatic carbocycles. The van der Waals surface area contributed by atoms with Gasteiger partial charge in [-0.25, -0.2) is 0 Å². The first kappa shape index (κ1) is 19.0. The zero-order valence-corrected chi connectivity index (χ0v) is 17.3. The second-order valence-electron chi connectivity index (χ2n) is 10.0. The summed E-state index contributed by atoms with van der Waals surface area (Å²) in [6.07, 6.45) is 11.4. The third-order valence-electron chi connectivity index (χ3n) is 8.78. The highest BCUT2D eigenvalue weighted by atomic mass is 16.5. The number of hydrogen-bond donors (Lipinski definition) is 0. The predicted octanol–water partition coefficient (Wildman–Crippen LogP) is 5.02. The van der Waals surface area contributed by atoms with Gasteiger partial charge in [0.05, 0.1) is 0 Å². The first-order valence-electron chi connectivity index (χ1n) is 10.8. The molecule has 150 valence electrons. The van der Waals surface area contributed by atoms with E-state index in [1.165, 1.54) is 39.0 Å². The molecule has 0 N–H and O–H groups in total. The van der Waals surface area contributed by atoms with Crippen molar-refractivity contribution < 1.29 is 19.1 Å². The summed E-state index contributed by atoms with van der Waals surface area (Å²) in [6, 6.07) is 0. The van der Waals surface area contributed by atoms with Gasteiger partial charge in [-0.05, 0) is 80.1 Å². The summed E-state index contributed by atoms with van der Waals surface area (Å²) >= 11 is 0. The highest BCUT2D eigenvalue weighted by Crippen LogP contribution is 2.66. The molecule has 7 atom stereocenters. The molecule has 4 aliphatic rings. The molecule has 3 saturated carbocycles. The van der Waals surface area contributed by atoms with Crippen molar-refractivity contribution in [3.8, 4) is 0 Å². The van der Waals surface area contributed by atoms with Crippen LogP contribution in [0.15, 0.2) is 11.8 Å². The van der Waals surface area contributed by atoms with Gasteiger partial charge < -0.3 is 9.47 Å². The van der Waals surface area contributed by atoms with Crippen LogP contribution in [0.25, 0.3) is 0 Å². The van der Waals surface area contributed by atoms with Gasteiger partial charge in [-0.1, -0.05) is 13.8 Å². The van der Waals surface area contributed by atoms with Crippen LogP contribution in [0.5, 0.6) is 0 Å². The zero-order valence-electron chi connectivity index (χ0n) is 17.3. The Morgan fingerprint density at radius 1 is 0.963 bits per heavy atom. The molecule has 4 rings (SSSR count). The Hall–Kier alpha value is -1.32. The Morgan fingerprint density at radius 3 is 2.41 bits per heavy atom. The number of carbonyl (C=O) groups excluding carboxylic acids is 2. The van der Waals surface area contributed by atoms with Gasteiger partial charge in [0.1, 0.15) is 11.9 Å².